The molecule has 1 aliphatic rings. The topological polar surface area (TPSA) is 44.5 Å². The lowest BCUT2D eigenvalue weighted by molar-refractivity contribution is 0.00578. The van der Waals surface area contributed by atoms with E-state index in [0.717, 1.165) is 0 Å². The molecule has 1 fully saturated rings. The highest BCUT2D eigenvalue weighted by molar-refractivity contribution is 6.19. The van der Waals surface area contributed by atoms with Gasteiger partial charge in [0.05, 0.1) is 11.2 Å². The van der Waals surface area contributed by atoms with Crippen LogP contribution in [0.2, 0.25) is 0 Å². The lowest BCUT2D eigenvalue weighted by Gasteiger charge is -2.32. The minimum Gasteiger partial charge on any atom is -0.423 e. The van der Waals surface area contributed by atoms with Crippen LogP contribution in [0.5, 0.6) is 0 Å². The third-order valence-electron chi connectivity index (χ3n) is 2.14. The molecule has 0 aliphatic carbocycles. The van der Waals surface area contributed by atoms with Crippen molar-refractivity contribution in [1.29, 1.82) is 0 Å². The molecule has 1 saturated heterocycles. The Morgan fingerprint density at radius 3 is 1.36 bits per heavy atom. The average molecular weight is 171 g/mol. The van der Waals surface area contributed by atoms with E-state index in [1.54, 1.807) is 0 Å². The summed E-state index contributed by atoms with van der Waals surface area (Å²) < 4.78 is 14.9. The molecule has 0 aromatic rings. The quantitative estimate of drug-likeness (QED) is 0.517. The van der Waals surface area contributed by atoms with E-state index in [9.17, 15) is 0 Å². The van der Waals surface area contributed by atoms with Gasteiger partial charge >= 0.3 is 7.69 Å². The maximum atomic E-state index is 5.21. The van der Waals surface area contributed by atoms with Crippen LogP contribution in [0.1, 0.15) is 27.7 Å². The maximum absolute atomic E-state index is 5.21. The number of nitrogens with two attached hydrogens (primary N) is 1. The molecule has 0 spiro atoms. The molecule has 5 heteroatoms. The molecule has 11 heavy (non-hydrogen) atoms. The lowest BCUT2D eigenvalue weighted by Crippen LogP contribution is -2.41. The molecular formula is C6H15AlBNO2. The van der Waals surface area contributed by atoms with Crippen molar-refractivity contribution in [1.82, 2.24) is 0 Å². The summed E-state index contributed by atoms with van der Waals surface area (Å²) in [7, 11) is 1.42. The van der Waals surface area contributed by atoms with Crippen molar-refractivity contribution in [2.24, 2.45) is 4.72 Å². The zero-order valence-corrected chi connectivity index (χ0v) is 9.09. The second-order valence-corrected chi connectivity index (χ2v) is 3.35. The van der Waals surface area contributed by atoms with Crippen molar-refractivity contribution in [3.05, 3.63) is 0 Å². The van der Waals surface area contributed by atoms with Gasteiger partial charge in [0, 0.05) is 0 Å². The molecule has 3 nitrogen and oxygen atoms in total. The van der Waals surface area contributed by atoms with E-state index in [4.69, 9.17) is 9.31 Å². The SMILES string of the molecule is CC1(C)O[B]OC1(C)C.[NH2][AlH]. The second-order valence-electron chi connectivity index (χ2n) is 3.35. The predicted octanol–water partition coefficient (Wildman–Crippen LogP) is -0.115. The monoisotopic (exact) mass is 171 g/mol. The highest BCUT2D eigenvalue weighted by Crippen LogP contribution is 2.33. The fourth-order valence-electron chi connectivity index (χ4n) is 0.548. The Balaban J connectivity index is 0.000000461. The van der Waals surface area contributed by atoms with Gasteiger partial charge in [-0.2, -0.15) is 0 Å². The van der Waals surface area contributed by atoms with E-state index < -0.39 is 0 Å². The molecule has 0 unspecified atom stereocenters. The molecule has 0 amide bonds. The highest BCUT2D eigenvalue weighted by atomic mass is 27.1. The molecule has 1 aliphatic heterocycles. The Morgan fingerprint density at radius 2 is 1.27 bits per heavy atom. The maximum Gasteiger partial charge on any atom is 0.488 e. The average Bonchev–Trinajstić information content (AvgIpc) is 2.12. The van der Waals surface area contributed by atoms with Crippen LogP contribution in [-0.4, -0.2) is 35.4 Å². The Kier molecular flexibility index (Phi) is 4.10. The Bertz CT molecular complexity index is 116. The van der Waals surface area contributed by atoms with E-state index in [1.165, 1.54) is 24.2 Å². The standard InChI is InChI=1S/C6H12BO2.Al.H2N.H/c1-5(2)6(3,4)9-7-8-5;;;/h1-4H3;;1H2;/q;+1;-1;. The lowest BCUT2D eigenvalue weighted by atomic mass is 9.90. The summed E-state index contributed by atoms with van der Waals surface area (Å²) in [5.74, 6) is 0. The van der Waals surface area contributed by atoms with Gasteiger partial charge in [-0.25, -0.2) is 0 Å². The minimum absolute atomic E-state index is 0.187. The van der Waals surface area contributed by atoms with Crippen LogP contribution < -0.4 is 4.72 Å². The van der Waals surface area contributed by atoms with Crippen LogP contribution >= 0.6 is 0 Å². The highest BCUT2D eigenvalue weighted by Gasteiger charge is 2.44. The van der Waals surface area contributed by atoms with Crippen molar-refractivity contribution >= 4 is 24.2 Å². The summed E-state index contributed by atoms with van der Waals surface area (Å²) in [4.78, 5) is 0. The van der Waals surface area contributed by atoms with Gasteiger partial charge < -0.3 is 14.0 Å². The fourth-order valence-corrected chi connectivity index (χ4v) is 0.548. The van der Waals surface area contributed by atoms with Gasteiger partial charge in [-0.3, -0.25) is 0 Å². The number of hydrogen-bond donors (Lipinski definition) is 1. The molecule has 0 aromatic carbocycles. The molecule has 2 N–H and O–H groups in total. The van der Waals surface area contributed by atoms with Crippen molar-refractivity contribution < 1.29 is 9.31 Å². The fraction of sp³-hybridized carbons (Fsp3) is 1.00. The predicted molar refractivity (Wildman–Crippen MR) is 47.4 cm³/mol. The first-order valence-corrected chi connectivity index (χ1v) is 4.35. The van der Waals surface area contributed by atoms with Gasteiger partial charge in [-0.15, -0.1) is 0 Å². The molecule has 2 radical (unpaired) electrons. The van der Waals surface area contributed by atoms with E-state index in [-0.39, 0.29) is 11.2 Å². The molecule has 62 valence electrons. The summed E-state index contributed by atoms with van der Waals surface area (Å²) in [5.41, 5.74) is -0.375. The van der Waals surface area contributed by atoms with E-state index in [2.05, 4.69) is 4.72 Å². The largest absolute Gasteiger partial charge is 0.488 e. The molecule has 0 aromatic heterocycles. The normalized spacial score (nSPS) is 24.8. The first kappa shape index (κ1) is 11.5. The number of hydrogen-bond acceptors (Lipinski definition) is 3. The van der Waals surface area contributed by atoms with E-state index in [1.807, 2.05) is 27.7 Å². The molecular weight excluding hydrogens is 156 g/mol. The van der Waals surface area contributed by atoms with Crippen LogP contribution in [0, 0.1) is 0 Å². The molecule has 0 bridgehead atoms. The van der Waals surface area contributed by atoms with Gasteiger partial charge in [0.1, 0.15) is 0 Å². The first-order valence-electron chi connectivity index (χ1n) is 3.54. The Morgan fingerprint density at radius 1 is 1.00 bits per heavy atom. The molecule has 0 saturated carbocycles. The summed E-state index contributed by atoms with van der Waals surface area (Å²) in [6, 6.07) is 0. The van der Waals surface area contributed by atoms with Gasteiger partial charge in [0.15, 0.2) is 0 Å². The van der Waals surface area contributed by atoms with Crippen LogP contribution in [0.3, 0.4) is 0 Å². The Hall–Kier alpha value is 0.477. The van der Waals surface area contributed by atoms with Crippen LogP contribution in [0.25, 0.3) is 0 Å². The van der Waals surface area contributed by atoms with Crippen molar-refractivity contribution in [3.63, 3.8) is 0 Å². The van der Waals surface area contributed by atoms with Gasteiger partial charge in [0.25, 0.3) is 16.5 Å². The van der Waals surface area contributed by atoms with Crippen molar-refractivity contribution in [2.75, 3.05) is 0 Å². The summed E-state index contributed by atoms with van der Waals surface area (Å²) in [6.45, 7) is 8.04. The zero-order chi connectivity index (χ0) is 9.12. The molecule has 0 atom stereocenters. The third kappa shape index (κ3) is 2.47. The van der Waals surface area contributed by atoms with Gasteiger partial charge in [-0.1, -0.05) is 0 Å². The second kappa shape index (κ2) is 3.93. The zero-order valence-electron chi connectivity index (χ0n) is 7.68. The van der Waals surface area contributed by atoms with Crippen LogP contribution in [0.15, 0.2) is 0 Å². The van der Waals surface area contributed by atoms with Crippen molar-refractivity contribution in [3.8, 4) is 0 Å². The number of rotatable bonds is 0. The minimum atomic E-state index is -0.188. The van der Waals surface area contributed by atoms with E-state index in [0.29, 0.717) is 0 Å². The van der Waals surface area contributed by atoms with Crippen LogP contribution in [0.4, 0.5) is 0 Å². The Labute approximate surface area is 77.6 Å². The van der Waals surface area contributed by atoms with Gasteiger partial charge in [0.2, 0.25) is 0 Å². The first-order chi connectivity index (χ1) is 4.96. The summed E-state index contributed by atoms with van der Waals surface area (Å²) in [6.07, 6.45) is 0. The molecule has 1 rings (SSSR count). The summed E-state index contributed by atoms with van der Waals surface area (Å²) in [5, 5.41) is 0. The van der Waals surface area contributed by atoms with Gasteiger partial charge in [-0.05, 0) is 27.7 Å². The molecule has 1 heterocycles. The van der Waals surface area contributed by atoms with Crippen LogP contribution in [-0.2, 0) is 9.31 Å². The summed E-state index contributed by atoms with van der Waals surface area (Å²) >= 11 is 1.36. The smallest absolute Gasteiger partial charge is 0.423 e. The van der Waals surface area contributed by atoms with E-state index >= 15 is 0 Å². The van der Waals surface area contributed by atoms with Crippen molar-refractivity contribution in [2.45, 2.75) is 38.9 Å². The third-order valence-corrected chi connectivity index (χ3v) is 2.14.